The minimum atomic E-state index is 0. The van der Waals surface area contributed by atoms with Crippen molar-refractivity contribution in [3.63, 3.8) is 0 Å². The maximum Gasteiger partial charge on any atom is 0.191 e. The molecule has 0 aliphatic heterocycles. The number of ether oxygens (including phenoxy) is 1. The van der Waals surface area contributed by atoms with Crippen molar-refractivity contribution < 1.29 is 4.74 Å². The Labute approximate surface area is 195 Å². The van der Waals surface area contributed by atoms with E-state index in [1.54, 1.807) is 7.05 Å². The number of guanidine groups is 1. The minimum absolute atomic E-state index is 0. The number of aliphatic imine (C=N–C) groups is 1. The van der Waals surface area contributed by atoms with Crippen molar-refractivity contribution in [2.75, 3.05) is 20.2 Å². The van der Waals surface area contributed by atoms with Crippen LogP contribution in [0.25, 0.3) is 0 Å². The van der Waals surface area contributed by atoms with Crippen molar-refractivity contribution in [1.29, 1.82) is 0 Å². The zero-order valence-corrected chi connectivity index (χ0v) is 20.1. The van der Waals surface area contributed by atoms with E-state index in [2.05, 4.69) is 58.4 Å². The van der Waals surface area contributed by atoms with E-state index < -0.39 is 0 Å². The number of hydrogen-bond acceptors (Lipinski definition) is 3. The zero-order chi connectivity index (χ0) is 20.5. The molecule has 2 N–H and O–H groups in total. The molecule has 0 saturated heterocycles. The van der Waals surface area contributed by atoms with Gasteiger partial charge in [0.25, 0.3) is 0 Å². The van der Waals surface area contributed by atoms with E-state index in [1.807, 2.05) is 36.4 Å². The van der Waals surface area contributed by atoms with Gasteiger partial charge in [-0.1, -0.05) is 48.5 Å². The van der Waals surface area contributed by atoms with Crippen LogP contribution in [-0.2, 0) is 13.1 Å². The lowest BCUT2D eigenvalue weighted by Crippen LogP contribution is -2.39. The van der Waals surface area contributed by atoms with Gasteiger partial charge in [0.15, 0.2) is 5.96 Å². The Morgan fingerprint density at radius 2 is 1.67 bits per heavy atom. The molecule has 1 aromatic heterocycles. The fraction of sp³-hybridized carbons (Fsp3) is 0.304. The molecule has 2 aromatic carbocycles. The van der Waals surface area contributed by atoms with E-state index >= 15 is 0 Å². The molecule has 3 aromatic rings. The summed E-state index contributed by atoms with van der Waals surface area (Å²) in [4.78, 5) is 4.29. The summed E-state index contributed by atoms with van der Waals surface area (Å²) in [5.74, 6) is 1.62. The largest absolute Gasteiger partial charge is 0.492 e. The Bertz CT molecular complexity index is 926. The van der Waals surface area contributed by atoms with Crippen LogP contribution in [-0.4, -0.2) is 35.9 Å². The fourth-order valence-electron chi connectivity index (χ4n) is 3.15. The average Bonchev–Trinajstić information content (AvgIpc) is 3.01. The molecule has 30 heavy (non-hydrogen) atoms. The molecule has 6 nitrogen and oxygen atoms in total. The molecule has 0 aliphatic carbocycles. The first-order valence-corrected chi connectivity index (χ1v) is 9.86. The van der Waals surface area contributed by atoms with Gasteiger partial charge < -0.3 is 15.4 Å². The number of halogens is 1. The van der Waals surface area contributed by atoms with E-state index in [-0.39, 0.29) is 24.0 Å². The number of benzene rings is 2. The first kappa shape index (κ1) is 23.7. The molecule has 7 heteroatoms. The maximum absolute atomic E-state index is 5.70. The van der Waals surface area contributed by atoms with E-state index in [0.29, 0.717) is 19.7 Å². The van der Waals surface area contributed by atoms with E-state index in [4.69, 9.17) is 9.84 Å². The molecule has 3 rings (SSSR count). The molecule has 0 radical (unpaired) electrons. The number of nitrogens with one attached hydrogen (secondary N) is 2. The predicted molar refractivity (Wildman–Crippen MR) is 133 cm³/mol. The standard InChI is InChI=1S/C23H29N5O.HI/c1-18-22(19(2)28(27-18)17-20-10-6-4-7-11-20)16-26-23(24-3)25-14-15-29-21-12-8-5-9-13-21;/h4-13H,14-17H2,1-3H3,(H2,24,25,26);1H. The van der Waals surface area contributed by atoms with Gasteiger partial charge in [0.2, 0.25) is 0 Å². The van der Waals surface area contributed by atoms with Gasteiger partial charge in [0.05, 0.1) is 18.8 Å². The average molecular weight is 519 g/mol. The summed E-state index contributed by atoms with van der Waals surface area (Å²) in [7, 11) is 1.77. The minimum Gasteiger partial charge on any atom is -0.492 e. The van der Waals surface area contributed by atoms with Crippen LogP contribution < -0.4 is 15.4 Å². The summed E-state index contributed by atoms with van der Waals surface area (Å²) in [6.45, 7) is 6.85. The SMILES string of the molecule is CN=C(NCCOc1ccccc1)NCc1c(C)nn(Cc2ccccc2)c1C.I. The number of rotatable bonds is 8. The molecule has 0 spiro atoms. The summed E-state index contributed by atoms with van der Waals surface area (Å²) in [6, 6.07) is 20.2. The van der Waals surface area contributed by atoms with Crippen LogP contribution in [0.1, 0.15) is 22.5 Å². The van der Waals surface area contributed by atoms with Gasteiger partial charge in [-0.15, -0.1) is 24.0 Å². The molecule has 1 heterocycles. The first-order valence-electron chi connectivity index (χ1n) is 9.86. The summed E-state index contributed by atoms with van der Waals surface area (Å²) in [5.41, 5.74) is 4.65. The predicted octanol–water partition coefficient (Wildman–Crippen LogP) is 3.91. The Hall–Kier alpha value is -2.55. The number of aryl methyl sites for hydroxylation is 1. The Morgan fingerprint density at radius 3 is 2.33 bits per heavy atom. The molecule has 0 fully saturated rings. The van der Waals surface area contributed by atoms with E-state index in [1.165, 1.54) is 16.8 Å². The summed E-state index contributed by atoms with van der Waals surface area (Å²) < 4.78 is 7.76. The molecule has 0 atom stereocenters. The van der Waals surface area contributed by atoms with E-state index in [0.717, 1.165) is 23.9 Å². The van der Waals surface area contributed by atoms with Gasteiger partial charge in [0.1, 0.15) is 12.4 Å². The highest BCUT2D eigenvalue weighted by Gasteiger charge is 2.12. The molecular weight excluding hydrogens is 489 g/mol. The topological polar surface area (TPSA) is 63.5 Å². The van der Waals surface area contributed by atoms with Gasteiger partial charge >= 0.3 is 0 Å². The van der Waals surface area contributed by atoms with Crippen molar-refractivity contribution in [2.45, 2.75) is 26.9 Å². The van der Waals surface area contributed by atoms with Crippen molar-refractivity contribution in [1.82, 2.24) is 20.4 Å². The van der Waals surface area contributed by atoms with Gasteiger partial charge in [-0.3, -0.25) is 9.67 Å². The van der Waals surface area contributed by atoms with Crippen LogP contribution >= 0.6 is 24.0 Å². The normalized spacial score (nSPS) is 11.0. The van der Waals surface area contributed by atoms with Crippen LogP contribution in [0.5, 0.6) is 5.75 Å². The van der Waals surface area contributed by atoms with Gasteiger partial charge in [-0.2, -0.15) is 5.10 Å². The molecule has 160 valence electrons. The third-order valence-electron chi connectivity index (χ3n) is 4.77. The second kappa shape index (κ2) is 12.2. The summed E-state index contributed by atoms with van der Waals surface area (Å²) in [5, 5.41) is 11.4. The van der Waals surface area contributed by atoms with Gasteiger partial charge in [0, 0.05) is 24.8 Å². The Balaban J connectivity index is 0.00000320. The summed E-state index contributed by atoms with van der Waals surface area (Å²) >= 11 is 0. The smallest absolute Gasteiger partial charge is 0.191 e. The Morgan fingerprint density at radius 1 is 1.00 bits per heavy atom. The maximum atomic E-state index is 5.70. The highest BCUT2D eigenvalue weighted by Crippen LogP contribution is 2.14. The molecule has 0 aliphatic rings. The van der Waals surface area contributed by atoms with E-state index in [9.17, 15) is 0 Å². The van der Waals surface area contributed by atoms with Gasteiger partial charge in [-0.25, -0.2) is 0 Å². The highest BCUT2D eigenvalue weighted by molar-refractivity contribution is 14.0. The second-order valence-corrected chi connectivity index (χ2v) is 6.81. The Kier molecular flexibility index (Phi) is 9.66. The van der Waals surface area contributed by atoms with Crippen LogP contribution in [0, 0.1) is 13.8 Å². The molecule has 0 bridgehead atoms. The van der Waals surface area contributed by atoms with Gasteiger partial charge in [-0.05, 0) is 31.5 Å². The van der Waals surface area contributed by atoms with Crippen molar-refractivity contribution in [3.8, 4) is 5.75 Å². The number of aromatic nitrogens is 2. The third kappa shape index (κ3) is 6.76. The lowest BCUT2D eigenvalue weighted by Gasteiger charge is -2.13. The first-order chi connectivity index (χ1) is 14.2. The lowest BCUT2D eigenvalue weighted by atomic mass is 10.2. The fourth-order valence-corrected chi connectivity index (χ4v) is 3.15. The highest BCUT2D eigenvalue weighted by atomic mass is 127. The summed E-state index contributed by atoms with van der Waals surface area (Å²) in [6.07, 6.45) is 0. The van der Waals surface area contributed by atoms with Crippen molar-refractivity contribution >= 4 is 29.9 Å². The van der Waals surface area contributed by atoms with Crippen LogP contribution in [0.4, 0.5) is 0 Å². The molecule has 0 amide bonds. The molecular formula is C23H30IN5O. The number of hydrogen-bond donors (Lipinski definition) is 2. The number of para-hydroxylation sites is 1. The third-order valence-corrected chi connectivity index (χ3v) is 4.77. The lowest BCUT2D eigenvalue weighted by molar-refractivity contribution is 0.322. The van der Waals surface area contributed by atoms with Crippen molar-refractivity contribution in [2.24, 2.45) is 4.99 Å². The second-order valence-electron chi connectivity index (χ2n) is 6.81. The molecule has 0 unspecified atom stereocenters. The van der Waals surface area contributed by atoms with Crippen LogP contribution in [0.15, 0.2) is 65.7 Å². The van der Waals surface area contributed by atoms with Crippen LogP contribution in [0.3, 0.4) is 0 Å². The monoisotopic (exact) mass is 519 g/mol. The number of nitrogens with zero attached hydrogens (tertiary/aromatic N) is 3. The zero-order valence-electron chi connectivity index (χ0n) is 17.8. The van der Waals surface area contributed by atoms with Crippen molar-refractivity contribution in [3.05, 3.63) is 83.2 Å². The quantitative estimate of drug-likeness (QED) is 0.205. The molecule has 0 saturated carbocycles. The van der Waals surface area contributed by atoms with Crippen LogP contribution in [0.2, 0.25) is 0 Å².